The lowest BCUT2D eigenvalue weighted by molar-refractivity contribution is -0.139. The van der Waals surface area contributed by atoms with Gasteiger partial charge in [-0.1, -0.05) is 78.9 Å². The quantitative estimate of drug-likeness (QED) is 0.526. The van der Waals surface area contributed by atoms with Crippen LogP contribution < -0.4 is 10.1 Å². The molecule has 0 aromatic heterocycles. The first-order valence-electron chi connectivity index (χ1n) is 12.3. The normalized spacial score (nSPS) is 18.7. The number of rotatable bonds is 7. The van der Waals surface area contributed by atoms with Crippen LogP contribution in [-0.2, 0) is 22.6 Å². The number of para-hydroxylation sites is 1. The van der Waals surface area contributed by atoms with E-state index in [0.717, 1.165) is 11.1 Å². The van der Waals surface area contributed by atoms with Crippen LogP contribution in [0.3, 0.4) is 0 Å². The van der Waals surface area contributed by atoms with Crippen molar-refractivity contribution < 1.29 is 14.3 Å². The number of piperidine rings is 1. The lowest BCUT2D eigenvalue weighted by atomic mass is 9.95. The third-order valence-corrected chi connectivity index (χ3v) is 7.04. The first-order valence-corrected chi connectivity index (χ1v) is 12.3. The van der Waals surface area contributed by atoms with Crippen molar-refractivity contribution in [2.75, 3.05) is 19.7 Å². The van der Waals surface area contributed by atoms with Crippen LogP contribution in [0.2, 0.25) is 0 Å². The molecule has 0 aliphatic carbocycles. The highest BCUT2D eigenvalue weighted by Crippen LogP contribution is 2.34. The van der Waals surface area contributed by atoms with Gasteiger partial charge in [0.25, 0.3) is 5.91 Å². The highest BCUT2D eigenvalue weighted by Gasteiger charge is 2.51. The Morgan fingerprint density at radius 2 is 1.42 bits per heavy atom. The summed E-state index contributed by atoms with van der Waals surface area (Å²) in [5.41, 5.74) is 1.79. The van der Waals surface area contributed by atoms with Crippen LogP contribution in [-0.4, -0.2) is 53.0 Å². The minimum Gasteiger partial charge on any atom is -0.484 e. The van der Waals surface area contributed by atoms with Crippen LogP contribution in [0, 0.1) is 0 Å². The summed E-state index contributed by atoms with van der Waals surface area (Å²) in [6, 6.07) is 29.4. The van der Waals surface area contributed by atoms with Crippen LogP contribution in [0.1, 0.15) is 24.0 Å². The molecule has 0 unspecified atom stereocenters. The van der Waals surface area contributed by atoms with Gasteiger partial charge in [-0.15, -0.1) is 12.4 Å². The second-order valence-electron chi connectivity index (χ2n) is 9.31. The predicted octanol–water partition coefficient (Wildman–Crippen LogP) is 4.05. The molecule has 7 heteroatoms. The summed E-state index contributed by atoms with van der Waals surface area (Å²) in [6.45, 7) is 1.75. The van der Waals surface area contributed by atoms with Crippen molar-refractivity contribution in [3.05, 3.63) is 102 Å². The largest absolute Gasteiger partial charge is 0.484 e. The average molecular weight is 506 g/mol. The van der Waals surface area contributed by atoms with Crippen molar-refractivity contribution in [3.63, 3.8) is 0 Å². The third-order valence-electron chi connectivity index (χ3n) is 7.04. The van der Waals surface area contributed by atoms with Crippen molar-refractivity contribution in [1.29, 1.82) is 0 Å². The highest BCUT2D eigenvalue weighted by atomic mass is 35.5. The van der Waals surface area contributed by atoms with E-state index < -0.39 is 5.66 Å². The van der Waals surface area contributed by atoms with E-state index in [1.165, 1.54) is 0 Å². The monoisotopic (exact) mass is 505 g/mol. The molecule has 2 saturated heterocycles. The number of nitrogens with one attached hydrogen (secondary N) is 1. The molecule has 6 nitrogen and oxygen atoms in total. The fourth-order valence-corrected chi connectivity index (χ4v) is 5.14. The summed E-state index contributed by atoms with van der Waals surface area (Å²) < 4.78 is 5.67. The summed E-state index contributed by atoms with van der Waals surface area (Å²) in [5, 5.41) is 3.70. The topological polar surface area (TPSA) is 61.9 Å². The molecule has 36 heavy (non-hydrogen) atoms. The maximum atomic E-state index is 13.6. The zero-order valence-corrected chi connectivity index (χ0v) is 21.0. The van der Waals surface area contributed by atoms with Crippen LogP contribution in [0.4, 0.5) is 0 Å². The number of carbonyl (C=O) groups is 2. The molecule has 2 aliphatic heterocycles. The molecule has 1 N–H and O–H groups in total. The van der Waals surface area contributed by atoms with Gasteiger partial charge in [-0.2, -0.15) is 0 Å². The van der Waals surface area contributed by atoms with E-state index in [1.807, 2.05) is 76.5 Å². The summed E-state index contributed by atoms with van der Waals surface area (Å²) in [7, 11) is 0. The van der Waals surface area contributed by atoms with E-state index in [-0.39, 0.29) is 36.9 Å². The Hall–Kier alpha value is -3.35. The van der Waals surface area contributed by atoms with Crippen LogP contribution in [0.5, 0.6) is 5.75 Å². The molecule has 2 fully saturated rings. The average Bonchev–Trinajstić information content (AvgIpc) is 3.14. The standard InChI is InChI=1S/C29H31N3O3.ClH/c33-27(22-35-25-14-8-3-9-15-25)31-18-16-29(17-19-31)30-26(20-23-10-4-1-5-11-23)28(34)32(29)21-24-12-6-2-7-13-24;/h1-15,26,30H,16-22H2;1H/t26-;/m0./s1. The number of halogens is 1. The Morgan fingerprint density at radius 3 is 2.03 bits per heavy atom. The van der Waals surface area contributed by atoms with Gasteiger partial charge in [0.15, 0.2) is 6.61 Å². The molecule has 0 radical (unpaired) electrons. The number of ether oxygens (including phenoxy) is 1. The first-order chi connectivity index (χ1) is 17.1. The van der Waals surface area contributed by atoms with Crippen molar-refractivity contribution in [2.45, 2.75) is 37.5 Å². The molecule has 0 bridgehead atoms. The van der Waals surface area contributed by atoms with Gasteiger partial charge >= 0.3 is 0 Å². The van der Waals surface area contributed by atoms with Gasteiger partial charge in [0.2, 0.25) is 5.91 Å². The minimum absolute atomic E-state index is 0. The van der Waals surface area contributed by atoms with Gasteiger partial charge in [-0.05, 0) is 29.7 Å². The lowest BCUT2D eigenvalue weighted by Gasteiger charge is -2.44. The summed E-state index contributed by atoms with van der Waals surface area (Å²) in [5.74, 6) is 0.795. The lowest BCUT2D eigenvalue weighted by Crippen LogP contribution is -2.59. The first kappa shape index (κ1) is 25.7. The van der Waals surface area contributed by atoms with Gasteiger partial charge in [0.05, 0.1) is 11.7 Å². The number of likely N-dealkylation sites (tertiary alicyclic amines) is 1. The number of benzene rings is 3. The summed E-state index contributed by atoms with van der Waals surface area (Å²) >= 11 is 0. The van der Waals surface area contributed by atoms with Crippen LogP contribution >= 0.6 is 12.4 Å². The van der Waals surface area contributed by atoms with E-state index in [0.29, 0.717) is 44.6 Å². The molecule has 2 heterocycles. The Bertz CT molecular complexity index is 1140. The zero-order chi connectivity index (χ0) is 24.1. The SMILES string of the molecule is Cl.O=C(COc1ccccc1)N1CCC2(CC1)N[C@@H](Cc1ccccc1)C(=O)N2Cc1ccccc1. The minimum atomic E-state index is -0.455. The maximum Gasteiger partial charge on any atom is 0.260 e. The third kappa shape index (κ3) is 5.72. The van der Waals surface area contributed by atoms with Gasteiger partial charge in [-0.3, -0.25) is 14.9 Å². The van der Waals surface area contributed by atoms with Crippen molar-refractivity contribution in [3.8, 4) is 5.75 Å². The van der Waals surface area contributed by atoms with Gasteiger partial charge in [0.1, 0.15) is 5.75 Å². The Balaban J connectivity index is 0.00000304. The fraction of sp³-hybridized carbons (Fsp3) is 0.310. The van der Waals surface area contributed by atoms with Crippen molar-refractivity contribution >= 4 is 24.2 Å². The molecule has 5 rings (SSSR count). The molecule has 1 atom stereocenters. The van der Waals surface area contributed by atoms with Crippen molar-refractivity contribution in [1.82, 2.24) is 15.1 Å². The molecular formula is C29H32ClN3O3. The summed E-state index contributed by atoms with van der Waals surface area (Å²) in [6.07, 6.45) is 2.03. The molecule has 1 spiro atoms. The highest BCUT2D eigenvalue weighted by molar-refractivity contribution is 5.86. The van der Waals surface area contributed by atoms with E-state index in [2.05, 4.69) is 29.6 Å². The molecule has 188 valence electrons. The zero-order valence-electron chi connectivity index (χ0n) is 20.2. The number of hydrogen-bond acceptors (Lipinski definition) is 4. The molecule has 3 aromatic rings. The van der Waals surface area contributed by atoms with Gasteiger partial charge in [0, 0.05) is 32.5 Å². The molecule has 2 aliphatic rings. The second kappa shape index (κ2) is 11.6. The van der Waals surface area contributed by atoms with Crippen LogP contribution in [0.15, 0.2) is 91.0 Å². The fourth-order valence-electron chi connectivity index (χ4n) is 5.14. The molecular weight excluding hydrogens is 474 g/mol. The maximum absolute atomic E-state index is 13.6. The van der Waals surface area contributed by atoms with Crippen LogP contribution in [0.25, 0.3) is 0 Å². The Morgan fingerprint density at radius 1 is 0.861 bits per heavy atom. The number of hydrogen-bond donors (Lipinski definition) is 1. The van der Waals surface area contributed by atoms with Crippen molar-refractivity contribution in [2.24, 2.45) is 0 Å². The van der Waals surface area contributed by atoms with E-state index in [4.69, 9.17) is 4.74 Å². The number of nitrogens with zero attached hydrogens (tertiary/aromatic N) is 2. The Labute approximate surface area is 218 Å². The molecule has 2 amide bonds. The van der Waals surface area contributed by atoms with Gasteiger partial charge < -0.3 is 14.5 Å². The smallest absolute Gasteiger partial charge is 0.260 e. The van der Waals surface area contributed by atoms with E-state index in [1.54, 1.807) is 0 Å². The number of carbonyl (C=O) groups excluding carboxylic acids is 2. The predicted molar refractivity (Wildman–Crippen MR) is 142 cm³/mol. The van der Waals surface area contributed by atoms with E-state index in [9.17, 15) is 9.59 Å². The summed E-state index contributed by atoms with van der Waals surface area (Å²) in [4.78, 5) is 30.3. The van der Waals surface area contributed by atoms with E-state index >= 15 is 0 Å². The second-order valence-corrected chi connectivity index (χ2v) is 9.31. The molecule has 3 aromatic carbocycles. The van der Waals surface area contributed by atoms with Gasteiger partial charge in [-0.25, -0.2) is 0 Å². The Kier molecular flexibility index (Phi) is 8.28. The number of amides is 2. The molecule has 0 saturated carbocycles.